The zero-order valence-corrected chi connectivity index (χ0v) is 15.3. The minimum absolute atomic E-state index is 0.0726. The summed E-state index contributed by atoms with van der Waals surface area (Å²) in [6.07, 6.45) is -0.0726. The first kappa shape index (κ1) is 19.5. The third-order valence-electron chi connectivity index (χ3n) is 3.82. The maximum absolute atomic E-state index is 13.2. The van der Waals surface area contributed by atoms with Gasteiger partial charge in [0.2, 0.25) is 5.91 Å². The number of halogens is 2. The van der Waals surface area contributed by atoms with Gasteiger partial charge in [0.05, 0.1) is 22.7 Å². The normalized spacial score (nSPS) is 11.1. The van der Waals surface area contributed by atoms with E-state index in [0.29, 0.717) is 5.56 Å². The number of carbonyl (C=O) groups is 1. The SMILES string of the molecule is O=C(Cc1cccc(F)c1)Nc1ccccc1NS(=O)(=O)c1ccc(F)cc1. The predicted molar refractivity (Wildman–Crippen MR) is 102 cm³/mol. The molecule has 0 radical (unpaired) electrons. The maximum Gasteiger partial charge on any atom is 0.261 e. The van der Waals surface area contributed by atoms with Crippen molar-refractivity contribution in [3.05, 3.63) is 90.0 Å². The van der Waals surface area contributed by atoms with E-state index in [1.807, 2.05) is 0 Å². The highest BCUT2D eigenvalue weighted by atomic mass is 32.2. The maximum atomic E-state index is 13.2. The van der Waals surface area contributed by atoms with Crippen LogP contribution in [0.3, 0.4) is 0 Å². The molecule has 2 N–H and O–H groups in total. The van der Waals surface area contributed by atoms with Crippen molar-refractivity contribution >= 4 is 27.3 Å². The molecule has 0 aromatic heterocycles. The van der Waals surface area contributed by atoms with Crippen molar-refractivity contribution in [1.29, 1.82) is 0 Å². The fourth-order valence-electron chi connectivity index (χ4n) is 2.53. The summed E-state index contributed by atoms with van der Waals surface area (Å²) in [5.41, 5.74) is 0.885. The average Bonchev–Trinajstić information content (AvgIpc) is 2.63. The van der Waals surface area contributed by atoms with Crippen LogP contribution in [0, 0.1) is 11.6 Å². The Kier molecular flexibility index (Phi) is 5.70. The van der Waals surface area contributed by atoms with Crippen LogP contribution in [0.4, 0.5) is 20.2 Å². The Bertz CT molecular complexity index is 1100. The van der Waals surface area contributed by atoms with E-state index in [-0.39, 0.29) is 22.7 Å². The van der Waals surface area contributed by atoms with Crippen molar-refractivity contribution in [3.63, 3.8) is 0 Å². The smallest absolute Gasteiger partial charge is 0.261 e. The van der Waals surface area contributed by atoms with E-state index in [1.54, 1.807) is 18.2 Å². The highest BCUT2D eigenvalue weighted by Gasteiger charge is 2.17. The Labute approximate surface area is 161 Å². The number of rotatable bonds is 6. The van der Waals surface area contributed by atoms with E-state index in [9.17, 15) is 22.0 Å². The minimum Gasteiger partial charge on any atom is -0.324 e. The standard InChI is InChI=1S/C20H16F2N2O3S/c21-15-8-10-17(11-9-15)28(26,27)24-19-7-2-1-6-18(19)23-20(25)13-14-4-3-5-16(22)12-14/h1-12,24H,13H2,(H,23,25). The van der Waals surface area contributed by atoms with Gasteiger partial charge in [-0.1, -0.05) is 24.3 Å². The molecule has 0 unspecified atom stereocenters. The number of sulfonamides is 1. The van der Waals surface area contributed by atoms with Crippen molar-refractivity contribution < 1.29 is 22.0 Å². The van der Waals surface area contributed by atoms with Crippen LogP contribution in [0.1, 0.15) is 5.56 Å². The fourth-order valence-corrected chi connectivity index (χ4v) is 3.61. The second-order valence-electron chi connectivity index (χ2n) is 5.96. The molecule has 0 spiro atoms. The van der Waals surface area contributed by atoms with Crippen molar-refractivity contribution in [2.75, 3.05) is 10.0 Å². The Morgan fingerprint density at radius 2 is 1.50 bits per heavy atom. The molecule has 0 bridgehead atoms. The van der Waals surface area contributed by atoms with Gasteiger partial charge in [0.25, 0.3) is 10.0 Å². The summed E-state index contributed by atoms with van der Waals surface area (Å²) >= 11 is 0. The molecule has 0 atom stereocenters. The molecule has 0 fully saturated rings. The molecule has 8 heteroatoms. The van der Waals surface area contributed by atoms with Crippen LogP contribution in [0.15, 0.2) is 77.7 Å². The van der Waals surface area contributed by atoms with Gasteiger partial charge in [-0.25, -0.2) is 17.2 Å². The van der Waals surface area contributed by atoms with E-state index in [2.05, 4.69) is 10.0 Å². The van der Waals surface area contributed by atoms with Crippen LogP contribution in [0.5, 0.6) is 0 Å². The van der Waals surface area contributed by atoms with Crippen molar-refractivity contribution in [2.24, 2.45) is 0 Å². The van der Waals surface area contributed by atoms with Crippen LogP contribution in [-0.4, -0.2) is 14.3 Å². The van der Waals surface area contributed by atoms with E-state index in [0.717, 1.165) is 24.3 Å². The van der Waals surface area contributed by atoms with E-state index in [1.165, 1.54) is 30.3 Å². The van der Waals surface area contributed by atoms with Crippen LogP contribution < -0.4 is 10.0 Å². The van der Waals surface area contributed by atoms with Gasteiger partial charge in [-0.15, -0.1) is 0 Å². The number of hydrogen-bond acceptors (Lipinski definition) is 3. The monoisotopic (exact) mass is 402 g/mol. The van der Waals surface area contributed by atoms with Crippen LogP contribution >= 0.6 is 0 Å². The van der Waals surface area contributed by atoms with Crippen molar-refractivity contribution in [1.82, 2.24) is 0 Å². The van der Waals surface area contributed by atoms with Crippen molar-refractivity contribution in [3.8, 4) is 0 Å². The molecule has 1 amide bonds. The molecule has 28 heavy (non-hydrogen) atoms. The molecule has 144 valence electrons. The van der Waals surface area contributed by atoms with Gasteiger partial charge in [-0.2, -0.15) is 0 Å². The summed E-state index contributed by atoms with van der Waals surface area (Å²) in [6, 6.07) is 16.3. The van der Waals surface area contributed by atoms with Crippen molar-refractivity contribution in [2.45, 2.75) is 11.3 Å². The average molecular weight is 402 g/mol. The molecular formula is C20H16F2N2O3S. The molecule has 3 rings (SSSR count). The lowest BCUT2D eigenvalue weighted by Gasteiger charge is -2.13. The molecule has 3 aromatic carbocycles. The molecule has 0 aliphatic heterocycles. The lowest BCUT2D eigenvalue weighted by Crippen LogP contribution is -2.18. The molecular weight excluding hydrogens is 386 g/mol. The first-order chi connectivity index (χ1) is 13.3. The van der Waals surface area contributed by atoms with Gasteiger partial charge in [-0.05, 0) is 54.1 Å². The van der Waals surface area contributed by atoms with Gasteiger partial charge in [0.15, 0.2) is 0 Å². The van der Waals surface area contributed by atoms with Gasteiger partial charge in [-0.3, -0.25) is 9.52 Å². The first-order valence-electron chi connectivity index (χ1n) is 8.25. The lowest BCUT2D eigenvalue weighted by molar-refractivity contribution is -0.115. The van der Waals surface area contributed by atoms with Gasteiger partial charge < -0.3 is 5.32 Å². The third-order valence-corrected chi connectivity index (χ3v) is 5.20. The van der Waals surface area contributed by atoms with Crippen LogP contribution in [0.2, 0.25) is 0 Å². The second kappa shape index (κ2) is 8.18. The molecule has 5 nitrogen and oxygen atoms in total. The van der Waals surface area contributed by atoms with Crippen LogP contribution in [0.25, 0.3) is 0 Å². The molecule has 0 heterocycles. The Hall–Kier alpha value is -3.26. The number of amides is 1. The first-order valence-corrected chi connectivity index (χ1v) is 9.73. The molecule has 0 saturated heterocycles. The summed E-state index contributed by atoms with van der Waals surface area (Å²) in [7, 11) is -3.97. The third kappa shape index (κ3) is 4.92. The minimum atomic E-state index is -3.97. The number of carbonyl (C=O) groups excluding carboxylic acids is 1. The number of hydrogen-bond donors (Lipinski definition) is 2. The summed E-state index contributed by atoms with van der Waals surface area (Å²) in [5.74, 6) is -1.43. The summed E-state index contributed by atoms with van der Waals surface area (Å²) in [5, 5.41) is 2.61. The number of para-hydroxylation sites is 2. The largest absolute Gasteiger partial charge is 0.324 e. The summed E-state index contributed by atoms with van der Waals surface area (Å²) in [4.78, 5) is 12.2. The second-order valence-corrected chi connectivity index (χ2v) is 7.64. The Morgan fingerprint density at radius 1 is 0.821 bits per heavy atom. The highest BCUT2D eigenvalue weighted by molar-refractivity contribution is 7.92. The number of benzene rings is 3. The Morgan fingerprint density at radius 3 is 2.18 bits per heavy atom. The fraction of sp³-hybridized carbons (Fsp3) is 0.0500. The van der Waals surface area contributed by atoms with Gasteiger partial charge in [0, 0.05) is 0 Å². The topological polar surface area (TPSA) is 75.3 Å². The summed E-state index contributed by atoms with van der Waals surface area (Å²) in [6.45, 7) is 0. The number of anilines is 2. The molecule has 0 saturated carbocycles. The predicted octanol–water partition coefficient (Wildman–Crippen LogP) is 3.95. The number of nitrogens with one attached hydrogen (secondary N) is 2. The summed E-state index contributed by atoms with van der Waals surface area (Å²) < 4.78 is 53.6. The molecule has 0 aliphatic rings. The zero-order chi connectivity index (χ0) is 20.1. The quantitative estimate of drug-likeness (QED) is 0.656. The zero-order valence-electron chi connectivity index (χ0n) is 14.5. The van der Waals surface area contributed by atoms with E-state index >= 15 is 0 Å². The van der Waals surface area contributed by atoms with Gasteiger partial charge >= 0.3 is 0 Å². The van der Waals surface area contributed by atoms with Crippen LogP contribution in [-0.2, 0) is 21.2 Å². The highest BCUT2D eigenvalue weighted by Crippen LogP contribution is 2.25. The molecule has 0 aliphatic carbocycles. The van der Waals surface area contributed by atoms with Gasteiger partial charge in [0.1, 0.15) is 11.6 Å². The van der Waals surface area contributed by atoms with E-state index in [4.69, 9.17) is 0 Å². The molecule has 3 aromatic rings. The lowest BCUT2D eigenvalue weighted by atomic mass is 10.1. The van der Waals surface area contributed by atoms with E-state index < -0.39 is 27.6 Å². The Balaban J connectivity index is 1.77.